The summed E-state index contributed by atoms with van der Waals surface area (Å²) in [5, 5.41) is 2.68. The first-order chi connectivity index (χ1) is 10.1. The van der Waals surface area contributed by atoms with Gasteiger partial charge < -0.3 is 10.1 Å². The van der Waals surface area contributed by atoms with Crippen LogP contribution in [0.1, 0.15) is 5.56 Å². The van der Waals surface area contributed by atoms with Crippen LogP contribution in [0.2, 0.25) is 0 Å². The van der Waals surface area contributed by atoms with Gasteiger partial charge in [-0.1, -0.05) is 15.9 Å². The molecule has 1 amide bonds. The minimum Gasteiger partial charge on any atom is -0.497 e. The Morgan fingerprint density at radius 1 is 1.24 bits per heavy atom. The Morgan fingerprint density at radius 2 is 1.95 bits per heavy atom. The highest BCUT2D eigenvalue weighted by molar-refractivity contribution is 9.10. The van der Waals surface area contributed by atoms with Gasteiger partial charge in [-0.15, -0.1) is 0 Å². The fraction of sp³-hybridized carbons (Fsp3) is 0.0625. The van der Waals surface area contributed by atoms with E-state index in [9.17, 15) is 9.18 Å². The standard InChI is InChI=1S/C16H13BrFNO2/c1-21-14-6-4-13(5-7-14)19-16(20)9-2-11-10-12(17)3-8-15(11)18/h2-10H,1H3,(H,19,20)/b9-2+. The normalized spacial score (nSPS) is 10.6. The number of carbonyl (C=O) groups is 1. The van der Waals surface area contributed by atoms with E-state index in [-0.39, 0.29) is 11.7 Å². The highest BCUT2D eigenvalue weighted by Crippen LogP contribution is 2.17. The van der Waals surface area contributed by atoms with Crippen LogP contribution in [-0.4, -0.2) is 13.0 Å². The molecular weight excluding hydrogens is 337 g/mol. The van der Waals surface area contributed by atoms with Crippen LogP contribution in [0.5, 0.6) is 5.75 Å². The summed E-state index contributed by atoms with van der Waals surface area (Å²) in [7, 11) is 1.57. The molecule has 0 saturated carbocycles. The van der Waals surface area contributed by atoms with Crippen molar-refractivity contribution in [2.75, 3.05) is 12.4 Å². The summed E-state index contributed by atoms with van der Waals surface area (Å²) >= 11 is 3.26. The van der Waals surface area contributed by atoms with E-state index in [4.69, 9.17) is 4.74 Å². The van der Waals surface area contributed by atoms with Crippen LogP contribution in [0, 0.1) is 5.82 Å². The van der Waals surface area contributed by atoms with Crippen molar-refractivity contribution in [3.8, 4) is 5.75 Å². The van der Waals surface area contributed by atoms with Crippen molar-refractivity contribution < 1.29 is 13.9 Å². The molecule has 1 N–H and O–H groups in total. The Hall–Kier alpha value is -2.14. The predicted molar refractivity (Wildman–Crippen MR) is 84.8 cm³/mol. The number of carbonyl (C=O) groups excluding carboxylic acids is 1. The minimum atomic E-state index is -0.383. The molecule has 0 bridgehead atoms. The first-order valence-corrected chi connectivity index (χ1v) is 6.96. The van der Waals surface area contributed by atoms with E-state index in [1.165, 1.54) is 18.2 Å². The van der Waals surface area contributed by atoms with E-state index in [2.05, 4.69) is 21.2 Å². The fourth-order valence-electron chi connectivity index (χ4n) is 1.67. The molecule has 0 fully saturated rings. The van der Waals surface area contributed by atoms with Crippen LogP contribution in [0.3, 0.4) is 0 Å². The molecule has 0 radical (unpaired) electrons. The molecule has 5 heteroatoms. The Morgan fingerprint density at radius 3 is 2.62 bits per heavy atom. The molecule has 2 aromatic rings. The van der Waals surface area contributed by atoms with Gasteiger partial charge in [0, 0.05) is 21.8 Å². The Balaban J connectivity index is 2.03. The van der Waals surface area contributed by atoms with E-state index in [1.54, 1.807) is 43.5 Å². The zero-order valence-corrected chi connectivity index (χ0v) is 12.9. The van der Waals surface area contributed by atoms with E-state index in [1.807, 2.05) is 0 Å². The second-order valence-electron chi connectivity index (χ2n) is 4.22. The monoisotopic (exact) mass is 349 g/mol. The van der Waals surface area contributed by atoms with Crippen molar-refractivity contribution in [2.45, 2.75) is 0 Å². The molecule has 0 aliphatic carbocycles. The van der Waals surface area contributed by atoms with E-state index >= 15 is 0 Å². The number of nitrogens with one attached hydrogen (secondary N) is 1. The Bertz CT molecular complexity index is 668. The molecule has 2 rings (SSSR count). The molecule has 0 aliphatic heterocycles. The molecule has 21 heavy (non-hydrogen) atoms. The Labute approximate surface area is 130 Å². The average molecular weight is 350 g/mol. The lowest BCUT2D eigenvalue weighted by molar-refractivity contribution is -0.111. The van der Waals surface area contributed by atoms with Gasteiger partial charge in [-0.25, -0.2) is 4.39 Å². The van der Waals surface area contributed by atoms with Crippen LogP contribution >= 0.6 is 15.9 Å². The van der Waals surface area contributed by atoms with Gasteiger partial charge in [-0.2, -0.15) is 0 Å². The second kappa shape index (κ2) is 7.04. The van der Waals surface area contributed by atoms with Crippen LogP contribution in [-0.2, 0) is 4.79 Å². The van der Waals surface area contributed by atoms with Crippen molar-refractivity contribution in [2.24, 2.45) is 0 Å². The van der Waals surface area contributed by atoms with Gasteiger partial charge in [0.05, 0.1) is 7.11 Å². The molecule has 0 spiro atoms. The number of hydrogen-bond acceptors (Lipinski definition) is 2. The SMILES string of the molecule is COc1ccc(NC(=O)/C=C/c2cc(Br)ccc2F)cc1. The number of rotatable bonds is 4. The number of ether oxygens (including phenoxy) is 1. The van der Waals surface area contributed by atoms with E-state index in [0.717, 1.165) is 4.47 Å². The number of amides is 1. The minimum absolute atomic E-state index is 0.334. The summed E-state index contributed by atoms with van der Waals surface area (Å²) in [5.74, 6) is -0.00834. The summed E-state index contributed by atoms with van der Waals surface area (Å²) in [4.78, 5) is 11.8. The molecule has 0 unspecified atom stereocenters. The molecular formula is C16H13BrFNO2. The highest BCUT2D eigenvalue weighted by atomic mass is 79.9. The summed E-state index contributed by atoms with van der Waals surface area (Å²) < 4.78 is 19.3. The lowest BCUT2D eigenvalue weighted by atomic mass is 10.2. The second-order valence-corrected chi connectivity index (χ2v) is 5.13. The molecule has 108 valence electrons. The van der Waals surface area contributed by atoms with E-state index < -0.39 is 0 Å². The van der Waals surface area contributed by atoms with E-state index in [0.29, 0.717) is 17.0 Å². The topological polar surface area (TPSA) is 38.3 Å². The van der Waals surface area contributed by atoms with Gasteiger partial charge in [-0.05, 0) is 48.5 Å². The largest absolute Gasteiger partial charge is 0.497 e. The molecule has 2 aromatic carbocycles. The van der Waals surface area contributed by atoms with Gasteiger partial charge in [0.15, 0.2) is 0 Å². The first kappa shape index (κ1) is 15.3. The number of anilines is 1. The van der Waals surface area contributed by atoms with Crippen molar-refractivity contribution in [1.29, 1.82) is 0 Å². The van der Waals surface area contributed by atoms with Gasteiger partial charge in [0.2, 0.25) is 5.91 Å². The molecule has 0 aromatic heterocycles. The lowest BCUT2D eigenvalue weighted by Crippen LogP contribution is -2.07. The van der Waals surface area contributed by atoms with Crippen molar-refractivity contribution in [1.82, 2.24) is 0 Å². The third-order valence-electron chi connectivity index (χ3n) is 2.73. The molecule has 0 aliphatic rings. The number of halogens is 2. The maximum Gasteiger partial charge on any atom is 0.248 e. The number of benzene rings is 2. The quantitative estimate of drug-likeness (QED) is 0.838. The first-order valence-electron chi connectivity index (χ1n) is 6.16. The molecule has 3 nitrogen and oxygen atoms in total. The van der Waals surface area contributed by atoms with Crippen molar-refractivity contribution in [3.05, 3.63) is 64.4 Å². The summed E-state index contributed by atoms with van der Waals surface area (Å²) in [6.07, 6.45) is 2.72. The maximum atomic E-state index is 13.5. The van der Waals surface area contributed by atoms with Crippen LogP contribution in [0.25, 0.3) is 6.08 Å². The smallest absolute Gasteiger partial charge is 0.248 e. The van der Waals surface area contributed by atoms with Gasteiger partial charge in [-0.3, -0.25) is 4.79 Å². The lowest BCUT2D eigenvalue weighted by Gasteiger charge is -2.04. The zero-order valence-electron chi connectivity index (χ0n) is 11.3. The fourth-order valence-corrected chi connectivity index (χ4v) is 2.04. The highest BCUT2D eigenvalue weighted by Gasteiger charge is 2.01. The summed E-state index contributed by atoms with van der Waals surface area (Å²) in [6.45, 7) is 0. The van der Waals surface area contributed by atoms with Crippen LogP contribution in [0.4, 0.5) is 10.1 Å². The van der Waals surface area contributed by atoms with Crippen LogP contribution < -0.4 is 10.1 Å². The molecule has 0 saturated heterocycles. The van der Waals surface area contributed by atoms with Gasteiger partial charge >= 0.3 is 0 Å². The molecule has 0 atom stereocenters. The van der Waals surface area contributed by atoms with Crippen molar-refractivity contribution in [3.63, 3.8) is 0 Å². The number of methoxy groups -OCH3 is 1. The van der Waals surface area contributed by atoms with Gasteiger partial charge in [0.1, 0.15) is 11.6 Å². The summed E-state index contributed by atoms with van der Waals surface area (Å²) in [6, 6.07) is 11.5. The Kier molecular flexibility index (Phi) is 5.11. The third-order valence-corrected chi connectivity index (χ3v) is 3.22. The van der Waals surface area contributed by atoms with Crippen LogP contribution in [0.15, 0.2) is 53.0 Å². The number of hydrogen-bond donors (Lipinski definition) is 1. The molecule has 0 heterocycles. The van der Waals surface area contributed by atoms with Gasteiger partial charge in [0.25, 0.3) is 0 Å². The van der Waals surface area contributed by atoms with Crippen molar-refractivity contribution >= 4 is 33.6 Å². The summed E-state index contributed by atoms with van der Waals surface area (Å²) in [5.41, 5.74) is 0.981. The third kappa shape index (κ3) is 4.43. The maximum absolute atomic E-state index is 13.5. The zero-order chi connectivity index (χ0) is 15.2. The average Bonchev–Trinajstić information content (AvgIpc) is 2.49. The predicted octanol–water partition coefficient (Wildman–Crippen LogP) is 4.25.